The van der Waals surface area contributed by atoms with Gasteiger partial charge in [-0.2, -0.15) is 0 Å². The summed E-state index contributed by atoms with van der Waals surface area (Å²) in [6.07, 6.45) is 3.41. The Morgan fingerprint density at radius 2 is 2.11 bits per heavy atom. The number of anilines is 1. The zero-order chi connectivity index (χ0) is 13.0. The van der Waals surface area contributed by atoms with E-state index in [-0.39, 0.29) is 23.8 Å². The lowest BCUT2D eigenvalue weighted by Gasteiger charge is -2.11. The first kappa shape index (κ1) is 14.9. The number of nitrogen functional groups attached to an aromatic ring is 1. The molecule has 4 nitrogen and oxygen atoms in total. The fourth-order valence-electron chi connectivity index (χ4n) is 1.65. The van der Waals surface area contributed by atoms with Crippen molar-refractivity contribution in [3.63, 3.8) is 0 Å². The summed E-state index contributed by atoms with van der Waals surface area (Å²) in [5, 5.41) is 10.4. The Morgan fingerprint density at radius 3 is 2.74 bits per heavy atom. The van der Waals surface area contributed by atoms with Crippen LogP contribution in [0.25, 0.3) is 0 Å². The van der Waals surface area contributed by atoms with Gasteiger partial charge in [0.25, 0.3) is 0 Å². The molecule has 0 saturated carbocycles. The zero-order valence-electron chi connectivity index (χ0n) is 10.1. The van der Waals surface area contributed by atoms with E-state index in [4.69, 9.17) is 11.1 Å². The summed E-state index contributed by atoms with van der Waals surface area (Å²) in [6.45, 7) is 0.498. The van der Waals surface area contributed by atoms with Crippen molar-refractivity contribution in [1.29, 1.82) is 5.41 Å². The molecular weight excluding hydrogens is 267 g/mol. The van der Waals surface area contributed by atoms with Crippen LogP contribution in [0.1, 0.15) is 11.1 Å². The number of nitrogens with two attached hydrogens (primary N) is 1. The molecule has 0 aliphatic carbocycles. The lowest BCUT2D eigenvalue weighted by atomic mass is 10.1. The molecule has 2 aromatic rings. The fraction of sp³-hybridized carbons (Fsp3) is 0.0769. The molecule has 0 radical (unpaired) electrons. The van der Waals surface area contributed by atoms with Crippen LogP contribution in [0.4, 0.5) is 10.1 Å². The highest BCUT2D eigenvalue weighted by Crippen LogP contribution is 2.19. The van der Waals surface area contributed by atoms with Crippen molar-refractivity contribution in [3.05, 3.63) is 59.7 Å². The van der Waals surface area contributed by atoms with Crippen LogP contribution in [0.2, 0.25) is 0 Å². The standard InChI is InChI=1S/C13H13FN4.ClH/c14-10-4-1-5-11(12(10)13(15)16)18-8-9-3-2-6-17-7-9;/h1-7,18H,8H2,(H3,15,16);1H. The van der Waals surface area contributed by atoms with Crippen molar-refractivity contribution in [2.75, 3.05) is 5.32 Å². The van der Waals surface area contributed by atoms with Crippen molar-refractivity contribution in [2.45, 2.75) is 6.54 Å². The monoisotopic (exact) mass is 280 g/mol. The summed E-state index contributed by atoms with van der Waals surface area (Å²) >= 11 is 0. The van der Waals surface area contributed by atoms with E-state index < -0.39 is 5.82 Å². The van der Waals surface area contributed by atoms with Crippen molar-refractivity contribution >= 4 is 23.9 Å². The number of halogens is 2. The number of nitrogens with one attached hydrogen (secondary N) is 2. The Balaban J connectivity index is 0.00000180. The Morgan fingerprint density at radius 1 is 1.32 bits per heavy atom. The van der Waals surface area contributed by atoms with Gasteiger partial charge in [-0.1, -0.05) is 12.1 Å². The average molecular weight is 281 g/mol. The molecule has 1 aromatic carbocycles. The second kappa shape index (κ2) is 6.70. The van der Waals surface area contributed by atoms with Gasteiger partial charge in [0.15, 0.2) is 0 Å². The number of rotatable bonds is 4. The number of hydrogen-bond donors (Lipinski definition) is 3. The number of nitrogens with zero attached hydrogens (tertiary/aromatic N) is 1. The van der Waals surface area contributed by atoms with Gasteiger partial charge in [-0.3, -0.25) is 10.4 Å². The smallest absolute Gasteiger partial charge is 0.136 e. The van der Waals surface area contributed by atoms with Gasteiger partial charge in [0.1, 0.15) is 11.7 Å². The second-order valence-corrected chi connectivity index (χ2v) is 3.79. The van der Waals surface area contributed by atoms with Gasteiger partial charge < -0.3 is 11.1 Å². The second-order valence-electron chi connectivity index (χ2n) is 3.79. The predicted molar refractivity (Wildman–Crippen MR) is 76.2 cm³/mol. The van der Waals surface area contributed by atoms with Crippen LogP contribution >= 0.6 is 12.4 Å². The maximum atomic E-state index is 13.6. The van der Waals surface area contributed by atoms with E-state index >= 15 is 0 Å². The third-order valence-electron chi connectivity index (χ3n) is 2.49. The summed E-state index contributed by atoms with van der Waals surface area (Å²) in [4.78, 5) is 3.99. The van der Waals surface area contributed by atoms with Crippen molar-refractivity contribution in [2.24, 2.45) is 5.73 Å². The fourth-order valence-corrected chi connectivity index (χ4v) is 1.65. The molecule has 0 aliphatic rings. The van der Waals surface area contributed by atoms with E-state index in [1.54, 1.807) is 24.5 Å². The van der Waals surface area contributed by atoms with Gasteiger partial charge in [0.2, 0.25) is 0 Å². The van der Waals surface area contributed by atoms with E-state index in [0.29, 0.717) is 12.2 Å². The summed E-state index contributed by atoms with van der Waals surface area (Å²) in [5.41, 5.74) is 6.95. The predicted octanol–water partition coefficient (Wildman–Crippen LogP) is 2.54. The lowest BCUT2D eigenvalue weighted by molar-refractivity contribution is 0.625. The topological polar surface area (TPSA) is 74.8 Å². The Labute approximate surface area is 116 Å². The molecule has 1 heterocycles. The molecule has 0 unspecified atom stereocenters. The normalized spacial score (nSPS) is 9.53. The number of amidine groups is 1. The molecule has 0 saturated heterocycles. The first-order valence-corrected chi connectivity index (χ1v) is 5.44. The summed E-state index contributed by atoms with van der Waals surface area (Å²) < 4.78 is 13.6. The van der Waals surface area contributed by atoms with Crippen LogP contribution in [-0.2, 0) is 6.54 Å². The minimum Gasteiger partial charge on any atom is -0.384 e. The van der Waals surface area contributed by atoms with Gasteiger partial charge >= 0.3 is 0 Å². The molecule has 6 heteroatoms. The molecule has 19 heavy (non-hydrogen) atoms. The third-order valence-corrected chi connectivity index (χ3v) is 2.49. The largest absolute Gasteiger partial charge is 0.384 e. The highest BCUT2D eigenvalue weighted by Gasteiger charge is 2.10. The summed E-state index contributed by atoms with van der Waals surface area (Å²) in [5.74, 6) is -0.791. The molecule has 2 rings (SSSR count). The summed E-state index contributed by atoms with van der Waals surface area (Å²) in [6, 6.07) is 8.29. The Kier molecular flexibility index (Phi) is 5.26. The molecule has 0 bridgehead atoms. The minimum absolute atomic E-state index is 0. The van der Waals surface area contributed by atoms with E-state index in [1.165, 1.54) is 6.07 Å². The number of benzene rings is 1. The molecule has 100 valence electrons. The number of hydrogen-bond acceptors (Lipinski definition) is 3. The van der Waals surface area contributed by atoms with Crippen LogP contribution in [-0.4, -0.2) is 10.8 Å². The maximum absolute atomic E-state index is 13.6. The molecule has 0 aliphatic heterocycles. The highest BCUT2D eigenvalue weighted by molar-refractivity contribution is 6.00. The van der Waals surface area contributed by atoms with Gasteiger partial charge in [-0.15, -0.1) is 12.4 Å². The minimum atomic E-state index is -0.501. The van der Waals surface area contributed by atoms with E-state index in [9.17, 15) is 4.39 Å². The summed E-state index contributed by atoms with van der Waals surface area (Å²) in [7, 11) is 0. The zero-order valence-corrected chi connectivity index (χ0v) is 10.9. The van der Waals surface area contributed by atoms with Crippen LogP contribution in [0.15, 0.2) is 42.7 Å². The van der Waals surface area contributed by atoms with Crippen molar-refractivity contribution in [3.8, 4) is 0 Å². The Bertz CT molecular complexity index is 560. The van der Waals surface area contributed by atoms with Gasteiger partial charge in [-0.25, -0.2) is 4.39 Å². The molecule has 4 N–H and O–H groups in total. The Hall–Kier alpha value is -2.14. The van der Waals surface area contributed by atoms with Gasteiger partial charge in [0, 0.05) is 24.6 Å². The first-order chi connectivity index (χ1) is 8.68. The van der Waals surface area contributed by atoms with Crippen LogP contribution in [0.3, 0.4) is 0 Å². The highest BCUT2D eigenvalue weighted by atomic mass is 35.5. The number of pyridine rings is 1. The molecule has 1 aromatic heterocycles. The van der Waals surface area contributed by atoms with Crippen molar-refractivity contribution < 1.29 is 4.39 Å². The molecule has 0 amide bonds. The van der Waals surface area contributed by atoms with Gasteiger partial charge in [-0.05, 0) is 23.8 Å². The van der Waals surface area contributed by atoms with Crippen LogP contribution < -0.4 is 11.1 Å². The van der Waals surface area contributed by atoms with Crippen LogP contribution in [0.5, 0.6) is 0 Å². The lowest BCUT2D eigenvalue weighted by Crippen LogP contribution is -2.16. The first-order valence-electron chi connectivity index (χ1n) is 5.44. The number of aromatic nitrogens is 1. The molecule has 0 spiro atoms. The van der Waals surface area contributed by atoms with Crippen molar-refractivity contribution in [1.82, 2.24) is 4.98 Å². The van der Waals surface area contributed by atoms with Gasteiger partial charge in [0.05, 0.1) is 5.56 Å². The third kappa shape index (κ3) is 3.66. The SMILES string of the molecule is Cl.N=C(N)c1c(F)cccc1NCc1cccnc1. The van der Waals surface area contributed by atoms with Crippen LogP contribution in [0, 0.1) is 11.2 Å². The molecule has 0 fully saturated rings. The van der Waals surface area contributed by atoms with E-state index in [2.05, 4.69) is 10.3 Å². The average Bonchev–Trinajstić information content (AvgIpc) is 2.37. The molecular formula is C13H14ClFN4. The maximum Gasteiger partial charge on any atom is 0.136 e. The van der Waals surface area contributed by atoms with E-state index in [1.807, 2.05) is 12.1 Å². The quantitative estimate of drug-likeness (QED) is 0.595. The van der Waals surface area contributed by atoms with E-state index in [0.717, 1.165) is 5.56 Å². The molecule has 0 atom stereocenters.